The minimum Gasteiger partial charge on any atom is -0.423 e. The summed E-state index contributed by atoms with van der Waals surface area (Å²) in [5.74, 6) is -0.227. The highest BCUT2D eigenvalue weighted by Gasteiger charge is 2.16. The molecule has 0 amide bonds. The Morgan fingerprint density at radius 3 is 2.15 bits per heavy atom. The first kappa shape index (κ1) is 14.7. The van der Waals surface area contributed by atoms with Crippen LogP contribution in [0.15, 0.2) is 48.5 Å². The zero-order valence-corrected chi connectivity index (χ0v) is 11.3. The van der Waals surface area contributed by atoms with E-state index in [4.69, 9.17) is 0 Å². The van der Waals surface area contributed by atoms with Crippen LogP contribution in [0, 0.1) is 5.82 Å². The quantitative estimate of drug-likeness (QED) is 0.803. The van der Waals surface area contributed by atoms with Gasteiger partial charge in [-0.2, -0.15) is 0 Å². The van der Waals surface area contributed by atoms with Gasteiger partial charge in [0.2, 0.25) is 0 Å². The first-order valence-electron chi connectivity index (χ1n) is 6.44. The molecule has 0 unspecified atom stereocenters. The van der Waals surface area contributed by atoms with Crippen LogP contribution in [0.2, 0.25) is 0 Å². The normalized spacial score (nSPS) is 10.8. The Morgan fingerprint density at radius 1 is 0.950 bits per heavy atom. The lowest BCUT2D eigenvalue weighted by Gasteiger charge is -2.19. The molecule has 0 aliphatic rings. The molecule has 0 saturated carbocycles. The van der Waals surface area contributed by atoms with Gasteiger partial charge in [0.05, 0.1) is 0 Å². The second-order valence-corrected chi connectivity index (χ2v) is 4.84. The fraction of sp³-hybridized carbons (Fsp3) is 0.200. The monoisotopic (exact) mass is 273 g/mol. The topological polar surface area (TPSA) is 43.7 Å². The second kappa shape index (κ2) is 6.66. The van der Waals surface area contributed by atoms with Crippen LogP contribution in [0.25, 0.3) is 0 Å². The summed E-state index contributed by atoms with van der Waals surface area (Å²) >= 11 is 0. The van der Waals surface area contributed by atoms with Crippen LogP contribution in [0.5, 0.6) is 0 Å². The molecule has 0 spiro atoms. The second-order valence-electron chi connectivity index (χ2n) is 4.84. The average molecular weight is 273 g/mol. The van der Waals surface area contributed by atoms with Gasteiger partial charge in [0, 0.05) is 18.7 Å². The molecule has 0 atom stereocenters. The van der Waals surface area contributed by atoms with Crippen molar-refractivity contribution in [3.63, 3.8) is 0 Å². The molecule has 2 N–H and O–H groups in total. The molecule has 5 heteroatoms. The van der Waals surface area contributed by atoms with Crippen molar-refractivity contribution < 1.29 is 14.4 Å². The Morgan fingerprint density at radius 2 is 1.50 bits per heavy atom. The summed E-state index contributed by atoms with van der Waals surface area (Å²) in [6, 6.07) is 13.8. The summed E-state index contributed by atoms with van der Waals surface area (Å²) in [7, 11) is 0.375. The highest BCUT2D eigenvalue weighted by atomic mass is 19.1. The molecule has 0 fully saturated rings. The summed E-state index contributed by atoms with van der Waals surface area (Å²) in [5.41, 5.74) is 1.92. The number of rotatable bonds is 5. The fourth-order valence-corrected chi connectivity index (χ4v) is 2.19. The maximum absolute atomic E-state index is 13.6. The van der Waals surface area contributed by atoms with E-state index in [2.05, 4.69) is 0 Å². The third-order valence-corrected chi connectivity index (χ3v) is 3.17. The molecule has 0 aromatic heterocycles. The van der Waals surface area contributed by atoms with E-state index in [1.165, 1.54) is 6.07 Å². The van der Waals surface area contributed by atoms with Gasteiger partial charge in [-0.15, -0.1) is 0 Å². The van der Waals surface area contributed by atoms with E-state index in [0.29, 0.717) is 24.1 Å². The van der Waals surface area contributed by atoms with Gasteiger partial charge < -0.3 is 10.0 Å². The highest BCUT2D eigenvalue weighted by Crippen LogP contribution is 2.11. The summed E-state index contributed by atoms with van der Waals surface area (Å²) in [4.78, 5) is 1.93. The Hall–Kier alpha value is -1.69. The molecule has 2 rings (SSSR count). The average Bonchev–Trinajstić information content (AvgIpc) is 2.41. The van der Waals surface area contributed by atoms with E-state index < -0.39 is 7.12 Å². The van der Waals surface area contributed by atoms with Crippen LogP contribution in [0.3, 0.4) is 0 Å². The molecule has 3 nitrogen and oxygen atoms in total. The van der Waals surface area contributed by atoms with Crippen molar-refractivity contribution in [3.8, 4) is 0 Å². The van der Waals surface area contributed by atoms with Gasteiger partial charge in [-0.1, -0.05) is 42.5 Å². The lowest BCUT2D eigenvalue weighted by Crippen LogP contribution is -2.35. The lowest BCUT2D eigenvalue weighted by molar-refractivity contribution is 0.313. The largest absolute Gasteiger partial charge is 0.488 e. The Kier molecular flexibility index (Phi) is 4.90. The van der Waals surface area contributed by atoms with Gasteiger partial charge >= 0.3 is 7.12 Å². The van der Waals surface area contributed by atoms with E-state index in [1.807, 2.05) is 24.1 Å². The van der Waals surface area contributed by atoms with Crippen molar-refractivity contribution in [2.45, 2.75) is 13.1 Å². The van der Waals surface area contributed by atoms with E-state index in [-0.39, 0.29) is 5.82 Å². The third-order valence-electron chi connectivity index (χ3n) is 3.17. The van der Waals surface area contributed by atoms with E-state index in [9.17, 15) is 14.4 Å². The van der Waals surface area contributed by atoms with Crippen molar-refractivity contribution in [1.29, 1.82) is 0 Å². The van der Waals surface area contributed by atoms with Gasteiger partial charge in [-0.3, -0.25) is 4.90 Å². The third kappa shape index (κ3) is 3.66. The molecule has 2 aromatic carbocycles. The van der Waals surface area contributed by atoms with Gasteiger partial charge in [0.25, 0.3) is 0 Å². The first-order chi connectivity index (χ1) is 9.58. The molecule has 0 radical (unpaired) electrons. The zero-order chi connectivity index (χ0) is 14.5. The van der Waals surface area contributed by atoms with Crippen molar-refractivity contribution in [1.82, 2.24) is 4.90 Å². The van der Waals surface area contributed by atoms with Gasteiger partial charge in [-0.05, 0) is 24.1 Å². The predicted molar refractivity (Wildman–Crippen MR) is 77.8 cm³/mol. The van der Waals surface area contributed by atoms with Crippen LogP contribution in [0.4, 0.5) is 4.39 Å². The maximum Gasteiger partial charge on any atom is 0.488 e. The van der Waals surface area contributed by atoms with Crippen LogP contribution in [0.1, 0.15) is 11.1 Å². The molecular formula is C15H17BFNO2. The van der Waals surface area contributed by atoms with Gasteiger partial charge in [0.1, 0.15) is 5.82 Å². The van der Waals surface area contributed by atoms with Crippen molar-refractivity contribution in [3.05, 3.63) is 65.5 Å². The summed E-state index contributed by atoms with van der Waals surface area (Å²) in [5, 5.41) is 18.7. The van der Waals surface area contributed by atoms with Crippen molar-refractivity contribution in [2.24, 2.45) is 0 Å². The molecule has 0 saturated heterocycles. The first-order valence-corrected chi connectivity index (χ1v) is 6.44. The molecule has 0 bridgehead atoms. The lowest BCUT2D eigenvalue weighted by atomic mass is 9.77. The number of benzene rings is 2. The zero-order valence-electron chi connectivity index (χ0n) is 11.3. The highest BCUT2D eigenvalue weighted by molar-refractivity contribution is 6.59. The van der Waals surface area contributed by atoms with E-state index >= 15 is 0 Å². The number of halogens is 1. The summed E-state index contributed by atoms with van der Waals surface area (Å²) < 4.78 is 13.6. The Bertz CT molecular complexity index is 577. The van der Waals surface area contributed by atoms with Crippen LogP contribution >= 0.6 is 0 Å². The Balaban J connectivity index is 2.09. The smallest absolute Gasteiger partial charge is 0.423 e. The molecule has 104 valence electrons. The number of hydrogen-bond donors (Lipinski definition) is 2. The van der Waals surface area contributed by atoms with Gasteiger partial charge in [-0.25, -0.2) is 4.39 Å². The molecule has 20 heavy (non-hydrogen) atoms. The molecular weight excluding hydrogens is 256 g/mol. The van der Waals surface area contributed by atoms with Crippen LogP contribution < -0.4 is 5.46 Å². The van der Waals surface area contributed by atoms with Crippen LogP contribution in [-0.2, 0) is 13.1 Å². The molecule has 0 aliphatic carbocycles. The SMILES string of the molecule is CN(Cc1ccccc1F)Cc1ccccc1B(O)O. The number of nitrogens with zero attached hydrogens (tertiary/aromatic N) is 1. The maximum atomic E-state index is 13.6. The van der Waals surface area contributed by atoms with E-state index in [1.54, 1.807) is 30.3 Å². The molecule has 2 aromatic rings. The predicted octanol–water partition coefficient (Wildman–Crippen LogP) is 1.14. The number of hydrogen-bond acceptors (Lipinski definition) is 3. The summed E-state index contributed by atoms with van der Waals surface area (Å²) in [6.45, 7) is 0.977. The minimum absolute atomic E-state index is 0.227. The molecule has 0 heterocycles. The standard InChI is InChI=1S/C15H17BFNO2/c1-18(11-13-7-3-5-9-15(13)17)10-12-6-2-4-8-14(12)16(19)20/h2-9,19-20H,10-11H2,1H3. The minimum atomic E-state index is -1.49. The van der Waals surface area contributed by atoms with Crippen molar-refractivity contribution in [2.75, 3.05) is 7.05 Å². The van der Waals surface area contributed by atoms with E-state index in [0.717, 1.165) is 5.56 Å². The summed E-state index contributed by atoms with van der Waals surface area (Å²) in [6.07, 6.45) is 0. The van der Waals surface area contributed by atoms with Crippen LogP contribution in [-0.4, -0.2) is 29.1 Å². The van der Waals surface area contributed by atoms with Gasteiger partial charge in [0.15, 0.2) is 0 Å². The molecule has 0 aliphatic heterocycles. The fourth-order valence-electron chi connectivity index (χ4n) is 2.19. The van der Waals surface area contributed by atoms with Crippen molar-refractivity contribution >= 4 is 12.6 Å². The Labute approximate surface area is 118 Å².